The van der Waals surface area contributed by atoms with Crippen LogP contribution < -0.4 is 9.46 Å². The quantitative estimate of drug-likeness (QED) is 0.332. The number of anilines is 1. The highest BCUT2D eigenvalue weighted by molar-refractivity contribution is 8.00. The van der Waals surface area contributed by atoms with Crippen LogP contribution in [0.3, 0.4) is 0 Å². The van der Waals surface area contributed by atoms with Crippen molar-refractivity contribution < 1.29 is 14.3 Å². The molecule has 3 heterocycles. The van der Waals surface area contributed by atoms with Gasteiger partial charge >= 0.3 is 0 Å². The van der Waals surface area contributed by atoms with E-state index in [1.54, 1.807) is 0 Å². The maximum absolute atomic E-state index is 14.1. The summed E-state index contributed by atoms with van der Waals surface area (Å²) >= 11 is 1.37. The first kappa shape index (κ1) is 28.9. The minimum absolute atomic E-state index is 0.0466. The number of amides is 2. The summed E-state index contributed by atoms with van der Waals surface area (Å²) in [5.41, 5.74) is 4.85. The van der Waals surface area contributed by atoms with E-state index in [9.17, 15) is 9.59 Å². The Morgan fingerprint density at radius 3 is 2.40 bits per heavy atom. The van der Waals surface area contributed by atoms with Crippen molar-refractivity contribution in [1.29, 1.82) is 0 Å². The van der Waals surface area contributed by atoms with Crippen LogP contribution in [0, 0.1) is 37.0 Å². The Kier molecular flexibility index (Phi) is 7.27. The largest absolute Gasteiger partial charge is 0.470 e. The van der Waals surface area contributed by atoms with Crippen molar-refractivity contribution >= 4 is 29.7 Å². The molecule has 6 aliphatic rings. The van der Waals surface area contributed by atoms with Crippen molar-refractivity contribution in [3.8, 4) is 17.1 Å². The van der Waals surface area contributed by atoms with Crippen molar-refractivity contribution in [1.82, 2.24) is 19.8 Å². The molecule has 0 radical (unpaired) electrons. The van der Waals surface area contributed by atoms with Gasteiger partial charge in [-0.15, -0.1) is 0 Å². The number of carbonyl (C=O) groups excluding carboxylic acids is 2. The number of carbonyl (C=O) groups is 2. The van der Waals surface area contributed by atoms with E-state index in [0.717, 1.165) is 45.0 Å². The Morgan fingerprint density at radius 1 is 0.956 bits per heavy atom. The monoisotopic (exact) mass is 623 g/mol. The van der Waals surface area contributed by atoms with Gasteiger partial charge in [0.05, 0.1) is 18.8 Å². The van der Waals surface area contributed by atoms with Gasteiger partial charge in [0.1, 0.15) is 6.10 Å². The zero-order valence-corrected chi connectivity index (χ0v) is 26.9. The second-order valence-electron chi connectivity index (χ2n) is 14.3. The zero-order valence-electron chi connectivity index (χ0n) is 26.1. The Bertz CT molecular complexity index is 1600. The van der Waals surface area contributed by atoms with Crippen molar-refractivity contribution in [3.63, 3.8) is 0 Å². The zero-order chi connectivity index (χ0) is 30.7. The van der Waals surface area contributed by atoms with Crippen LogP contribution in [0.5, 0.6) is 5.88 Å². The molecule has 4 saturated carbocycles. The number of rotatable bonds is 3. The maximum Gasteiger partial charge on any atom is 0.254 e. The van der Waals surface area contributed by atoms with Crippen LogP contribution in [-0.4, -0.2) is 63.9 Å². The Hall–Kier alpha value is -3.59. The standard InChI is InChI=1S/C36H41N5O3S/c1-22-5-3-6-23(2)33(22)30-15-31-38-35(37-30)39-45-29-8-4-7-27(14-29)34(43)41-10-9-40(20-28(21-41)44-31)32(42)19-36-16-24-11-25(17-36)13-26(12-24)18-36/h3-8,14-15,24-26,28H,9-13,16-21H2,1-2H3,(H,37,38,39)/t24?,25?,26?,28-,36?/m1/s1. The molecular formula is C36H41N5O3S. The molecule has 1 aromatic heterocycles. The topological polar surface area (TPSA) is 87.7 Å². The van der Waals surface area contributed by atoms with Crippen molar-refractivity contribution in [2.45, 2.75) is 69.8 Å². The van der Waals surface area contributed by atoms with Gasteiger partial charge in [-0.2, -0.15) is 4.98 Å². The first-order valence-electron chi connectivity index (χ1n) is 16.5. The average molecular weight is 624 g/mol. The summed E-state index contributed by atoms with van der Waals surface area (Å²) in [5.74, 6) is 3.44. The third kappa shape index (κ3) is 5.68. The number of aryl methyl sites for hydroxylation is 2. The van der Waals surface area contributed by atoms with Gasteiger partial charge in [0, 0.05) is 41.6 Å². The van der Waals surface area contributed by atoms with E-state index in [0.29, 0.717) is 50.0 Å². The summed E-state index contributed by atoms with van der Waals surface area (Å²) in [4.78, 5) is 42.4. The second kappa shape index (κ2) is 11.3. The highest BCUT2D eigenvalue weighted by Gasteiger charge is 2.52. The molecule has 2 amide bonds. The lowest BCUT2D eigenvalue weighted by Crippen LogP contribution is -2.49. The van der Waals surface area contributed by atoms with Gasteiger partial charge in [-0.05, 0) is 117 Å². The molecule has 1 N–H and O–H groups in total. The number of hydrogen-bond donors (Lipinski definition) is 1. The van der Waals surface area contributed by atoms with Gasteiger partial charge in [0.15, 0.2) is 0 Å². The summed E-state index contributed by atoms with van der Waals surface area (Å²) in [6.45, 7) is 5.96. The lowest BCUT2D eigenvalue weighted by Gasteiger charge is -2.57. The number of ether oxygens (including phenoxy) is 1. The fourth-order valence-corrected chi connectivity index (χ4v) is 10.1. The lowest BCUT2D eigenvalue weighted by atomic mass is 9.49. The number of benzene rings is 2. The van der Waals surface area contributed by atoms with Crippen molar-refractivity contribution in [2.75, 3.05) is 30.9 Å². The predicted octanol–water partition coefficient (Wildman–Crippen LogP) is 6.53. The second-order valence-corrected chi connectivity index (χ2v) is 15.2. The van der Waals surface area contributed by atoms with Gasteiger partial charge in [-0.3, -0.25) is 14.3 Å². The molecule has 2 aliphatic heterocycles. The molecular weight excluding hydrogens is 582 g/mol. The molecule has 10 bridgehead atoms. The normalized spacial score (nSPS) is 28.7. The summed E-state index contributed by atoms with van der Waals surface area (Å²) < 4.78 is 9.95. The molecule has 45 heavy (non-hydrogen) atoms. The smallest absolute Gasteiger partial charge is 0.254 e. The van der Waals surface area contributed by atoms with Crippen LogP contribution in [0.25, 0.3) is 11.3 Å². The number of nitrogens with one attached hydrogen (secondary N) is 1. The summed E-state index contributed by atoms with van der Waals surface area (Å²) in [6, 6.07) is 15.8. The number of hydrogen-bond acceptors (Lipinski definition) is 7. The van der Waals surface area contributed by atoms with E-state index < -0.39 is 6.10 Å². The summed E-state index contributed by atoms with van der Waals surface area (Å²) in [5, 5.41) is 0. The fourth-order valence-electron chi connectivity index (χ4n) is 9.43. The molecule has 3 aromatic rings. The van der Waals surface area contributed by atoms with Crippen LogP contribution in [-0.2, 0) is 4.79 Å². The molecule has 9 heteroatoms. The minimum atomic E-state index is -0.429. The Labute approximate surface area is 269 Å². The van der Waals surface area contributed by atoms with Gasteiger partial charge < -0.3 is 14.5 Å². The molecule has 4 aliphatic carbocycles. The molecule has 0 unspecified atom stereocenters. The number of aromatic nitrogens is 2. The van der Waals surface area contributed by atoms with Crippen LogP contribution in [0.2, 0.25) is 0 Å². The molecule has 9 rings (SSSR count). The summed E-state index contributed by atoms with van der Waals surface area (Å²) in [7, 11) is 0. The lowest BCUT2D eigenvalue weighted by molar-refractivity contribution is -0.140. The highest BCUT2D eigenvalue weighted by Crippen LogP contribution is 2.61. The summed E-state index contributed by atoms with van der Waals surface area (Å²) in [6.07, 6.45) is 7.90. The maximum atomic E-state index is 14.1. The van der Waals surface area contributed by atoms with E-state index in [1.807, 2.05) is 40.1 Å². The Morgan fingerprint density at radius 2 is 1.67 bits per heavy atom. The molecule has 234 valence electrons. The van der Waals surface area contributed by atoms with Gasteiger partial charge in [0.2, 0.25) is 17.7 Å². The van der Waals surface area contributed by atoms with Gasteiger partial charge in [-0.25, -0.2) is 4.98 Å². The van der Waals surface area contributed by atoms with E-state index in [1.165, 1.54) is 50.5 Å². The van der Waals surface area contributed by atoms with Crippen LogP contribution >= 0.6 is 11.9 Å². The number of nitrogens with zero attached hydrogens (tertiary/aromatic N) is 4. The van der Waals surface area contributed by atoms with E-state index in [2.05, 4.69) is 36.8 Å². The average Bonchev–Trinajstić information content (AvgIpc) is 3.21. The molecule has 1 atom stereocenters. The van der Waals surface area contributed by atoms with E-state index >= 15 is 0 Å². The molecule has 8 nitrogen and oxygen atoms in total. The van der Waals surface area contributed by atoms with Gasteiger partial charge in [0.25, 0.3) is 5.91 Å². The molecule has 5 fully saturated rings. The predicted molar refractivity (Wildman–Crippen MR) is 175 cm³/mol. The third-order valence-electron chi connectivity index (χ3n) is 10.9. The first-order valence-corrected chi connectivity index (χ1v) is 17.3. The number of fused-ring (bicyclic) bond motifs is 6. The van der Waals surface area contributed by atoms with Crippen LogP contribution in [0.1, 0.15) is 66.4 Å². The van der Waals surface area contributed by atoms with E-state index in [-0.39, 0.29) is 17.2 Å². The minimum Gasteiger partial charge on any atom is -0.470 e. The van der Waals surface area contributed by atoms with Crippen LogP contribution in [0.4, 0.5) is 5.95 Å². The van der Waals surface area contributed by atoms with Gasteiger partial charge in [-0.1, -0.05) is 24.3 Å². The SMILES string of the molecule is Cc1cccc(C)c1-c1cc2nc(n1)NSc1cccc(c1)C(=O)N1CCN(C(=O)CC34CC5CC(CC(C5)C3)C4)C[C@H](C1)O2. The molecule has 1 saturated heterocycles. The third-order valence-corrected chi connectivity index (χ3v) is 11.7. The first-order chi connectivity index (χ1) is 21.8. The molecule has 0 spiro atoms. The Balaban J connectivity index is 1.13. The van der Waals surface area contributed by atoms with Crippen molar-refractivity contribution in [2.24, 2.45) is 23.2 Å². The van der Waals surface area contributed by atoms with E-state index in [4.69, 9.17) is 14.7 Å². The van der Waals surface area contributed by atoms with Crippen molar-refractivity contribution in [3.05, 3.63) is 65.2 Å². The fraction of sp³-hybridized carbons (Fsp3) is 0.500. The molecule has 2 aromatic carbocycles. The van der Waals surface area contributed by atoms with Crippen LogP contribution in [0.15, 0.2) is 53.4 Å². The highest BCUT2D eigenvalue weighted by atomic mass is 32.2.